The molecular formula is C17H19BFNO5. The molecule has 25 heavy (non-hydrogen) atoms. The molecule has 2 rings (SSSR count). The molecule has 0 radical (unpaired) electrons. The molecule has 8 heteroatoms. The number of rotatable bonds is 7. The monoisotopic (exact) mass is 347 g/mol. The maximum absolute atomic E-state index is 13.4. The minimum Gasteiger partial charge on any atom is -0.496 e. The molecule has 2 aromatic rings. The maximum Gasteiger partial charge on any atom is 0.492 e. The fourth-order valence-corrected chi connectivity index (χ4v) is 2.32. The van der Waals surface area contributed by atoms with Crippen molar-refractivity contribution >= 4 is 18.5 Å². The van der Waals surface area contributed by atoms with E-state index in [1.165, 1.54) is 25.3 Å². The highest BCUT2D eigenvalue weighted by atomic mass is 19.1. The Hall–Kier alpha value is -2.58. The van der Waals surface area contributed by atoms with Gasteiger partial charge in [0.2, 0.25) is 0 Å². The van der Waals surface area contributed by atoms with Crippen LogP contribution in [-0.2, 0) is 6.54 Å². The molecular weight excluding hydrogens is 328 g/mol. The molecule has 0 aliphatic heterocycles. The van der Waals surface area contributed by atoms with Gasteiger partial charge in [-0.1, -0.05) is 12.1 Å². The number of hydrogen-bond acceptors (Lipinski definition) is 5. The van der Waals surface area contributed by atoms with Crippen LogP contribution in [0.2, 0.25) is 0 Å². The van der Waals surface area contributed by atoms with Crippen LogP contribution < -0.4 is 20.3 Å². The third kappa shape index (κ3) is 4.71. The molecule has 2 aromatic carbocycles. The second-order valence-electron chi connectivity index (χ2n) is 5.21. The number of carbonyl (C=O) groups is 1. The topological polar surface area (TPSA) is 88.0 Å². The summed E-state index contributed by atoms with van der Waals surface area (Å²) < 4.78 is 23.8. The van der Waals surface area contributed by atoms with E-state index in [0.717, 1.165) is 6.07 Å². The molecule has 1 amide bonds. The molecule has 0 saturated carbocycles. The Bertz CT molecular complexity index is 754. The Morgan fingerprint density at radius 1 is 1.20 bits per heavy atom. The van der Waals surface area contributed by atoms with Gasteiger partial charge in [0.25, 0.3) is 5.91 Å². The van der Waals surface area contributed by atoms with E-state index in [9.17, 15) is 19.2 Å². The first-order chi connectivity index (χ1) is 12.0. The first-order valence-electron chi connectivity index (χ1n) is 7.69. The lowest BCUT2D eigenvalue weighted by Gasteiger charge is -2.13. The number of halogens is 1. The number of methoxy groups -OCH3 is 1. The summed E-state index contributed by atoms with van der Waals surface area (Å²) in [5.41, 5.74) is 1.02. The summed E-state index contributed by atoms with van der Waals surface area (Å²) in [6.45, 7) is 2.29. The van der Waals surface area contributed by atoms with Crippen molar-refractivity contribution in [1.82, 2.24) is 5.32 Å². The number of hydrogen-bond donors (Lipinski definition) is 3. The molecule has 0 spiro atoms. The van der Waals surface area contributed by atoms with Crippen molar-refractivity contribution in [2.75, 3.05) is 13.7 Å². The van der Waals surface area contributed by atoms with Gasteiger partial charge < -0.3 is 24.8 Å². The van der Waals surface area contributed by atoms with Crippen LogP contribution in [-0.4, -0.2) is 36.8 Å². The van der Waals surface area contributed by atoms with Gasteiger partial charge in [-0.05, 0) is 36.8 Å². The summed E-state index contributed by atoms with van der Waals surface area (Å²) in [5, 5.41) is 21.3. The standard InChI is InChI=1S/C17H19BFNO5/c1-3-25-16-8-11(4-6-14(16)18(22)23)10-20-17(21)13-9-12(19)5-7-15(13)24-2/h4-9,22-23H,3,10H2,1-2H3,(H,20,21). The fourth-order valence-electron chi connectivity index (χ4n) is 2.32. The molecule has 3 N–H and O–H groups in total. The van der Waals surface area contributed by atoms with Crippen LogP contribution in [0.25, 0.3) is 0 Å². The Morgan fingerprint density at radius 2 is 1.96 bits per heavy atom. The van der Waals surface area contributed by atoms with E-state index in [2.05, 4.69) is 5.32 Å². The predicted molar refractivity (Wildman–Crippen MR) is 91.6 cm³/mol. The summed E-state index contributed by atoms with van der Waals surface area (Å²) in [6.07, 6.45) is 0. The number of carbonyl (C=O) groups excluding carboxylic acids is 1. The van der Waals surface area contributed by atoms with Gasteiger partial charge in [0.15, 0.2) is 0 Å². The molecule has 0 aliphatic carbocycles. The van der Waals surface area contributed by atoms with Crippen molar-refractivity contribution in [3.63, 3.8) is 0 Å². The normalized spacial score (nSPS) is 10.3. The Labute approximate surface area is 145 Å². The van der Waals surface area contributed by atoms with E-state index < -0.39 is 18.8 Å². The summed E-state index contributed by atoms with van der Waals surface area (Å²) in [6, 6.07) is 8.46. The highest BCUT2D eigenvalue weighted by Crippen LogP contribution is 2.19. The Balaban J connectivity index is 2.14. The van der Waals surface area contributed by atoms with Gasteiger partial charge in [-0.3, -0.25) is 4.79 Å². The van der Waals surface area contributed by atoms with Crippen LogP contribution >= 0.6 is 0 Å². The number of ether oxygens (including phenoxy) is 2. The van der Waals surface area contributed by atoms with E-state index in [4.69, 9.17) is 9.47 Å². The van der Waals surface area contributed by atoms with Gasteiger partial charge in [-0.25, -0.2) is 4.39 Å². The van der Waals surface area contributed by atoms with Gasteiger partial charge in [-0.2, -0.15) is 0 Å². The second kappa shape index (κ2) is 8.50. The SMILES string of the molecule is CCOc1cc(CNC(=O)c2cc(F)ccc2OC)ccc1B(O)O. The zero-order valence-electron chi connectivity index (χ0n) is 14.0. The molecule has 6 nitrogen and oxygen atoms in total. The highest BCUT2D eigenvalue weighted by Gasteiger charge is 2.18. The van der Waals surface area contributed by atoms with Crippen LogP contribution in [0.1, 0.15) is 22.8 Å². The quantitative estimate of drug-likeness (QED) is 0.646. The first-order valence-corrected chi connectivity index (χ1v) is 7.69. The van der Waals surface area contributed by atoms with Crippen LogP contribution in [0.4, 0.5) is 4.39 Å². The summed E-state index contributed by atoms with van der Waals surface area (Å²) in [4.78, 5) is 12.3. The zero-order chi connectivity index (χ0) is 18.4. The molecule has 0 unspecified atom stereocenters. The van der Waals surface area contributed by atoms with Gasteiger partial charge in [-0.15, -0.1) is 0 Å². The minimum atomic E-state index is -1.65. The van der Waals surface area contributed by atoms with Crippen LogP contribution in [0, 0.1) is 5.82 Å². The molecule has 132 valence electrons. The Kier molecular flexibility index (Phi) is 6.38. The molecule has 0 aliphatic rings. The average molecular weight is 347 g/mol. The van der Waals surface area contributed by atoms with Gasteiger partial charge >= 0.3 is 7.12 Å². The third-order valence-corrected chi connectivity index (χ3v) is 3.52. The van der Waals surface area contributed by atoms with E-state index in [1.807, 2.05) is 0 Å². The molecule has 0 bridgehead atoms. The third-order valence-electron chi connectivity index (χ3n) is 3.52. The van der Waals surface area contributed by atoms with Gasteiger partial charge in [0.05, 0.1) is 19.3 Å². The average Bonchev–Trinajstić information content (AvgIpc) is 2.59. The van der Waals surface area contributed by atoms with Crippen molar-refractivity contribution < 1.29 is 28.7 Å². The summed E-state index contributed by atoms with van der Waals surface area (Å²) in [7, 11) is -0.251. The highest BCUT2D eigenvalue weighted by molar-refractivity contribution is 6.59. The first kappa shape index (κ1) is 18.8. The summed E-state index contributed by atoms with van der Waals surface area (Å²) in [5.74, 6) is -0.424. The largest absolute Gasteiger partial charge is 0.496 e. The van der Waals surface area contributed by atoms with Crippen LogP contribution in [0.3, 0.4) is 0 Å². The predicted octanol–water partition coefficient (Wildman–Crippen LogP) is 0.843. The maximum atomic E-state index is 13.4. The van der Waals surface area contributed by atoms with Crippen molar-refractivity contribution in [2.24, 2.45) is 0 Å². The molecule has 0 fully saturated rings. The van der Waals surface area contributed by atoms with Crippen LogP contribution in [0.15, 0.2) is 36.4 Å². The molecule has 0 heterocycles. The second-order valence-corrected chi connectivity index (χ2v) is 5.21. The van der Waals surface area contributed by atoms with Gasteiger partial charge in [0.1, 0.15) is 17.3 Å². The fraction of sp³-hybridized carbons (Fsp3) is 0.235. The molecule has 0 atom stereocenters. The lowest BCUT2D eigenvalue weighted by molar-refractivity contribution is 0.0947. The lowest BCUT2D eigenvalue weighted by Crippen LogP contribution is -2.32. The smallest absolute Gasteiger partial charge is 0.492 e. The van der Waals surface area contributed by atoms with Crippen molar-refractivity contribution in [3.8, 4) is 11.5 Å². The lowest BCUT2D eigenvalue weighted by atomic mass is 9.79. The summed E-state index contributed by atoms with van der Waals surface area (Å²) >= 11 is 0. The van der Waals surface area contributed by atoms with Crippen molar-refractivity contribution in [3.05, 3.63) is 53.3 Å². The molecule has 0 saturated heterocycles. The Morgan fingerprint density at radius 3 is 2.60 bits per heavy atom. The van der Waals surface area contributed by atoms with E-state index in [1.54, 1.807) is 19.1 Å². The number of amides is 1. The van der Waals surface area contributed by atoms with Crippen molar-refractivity contribution in [1.29, 1.82) is 0 Å². The van der Waals surface area contributed by atoms with Crippen molar-refractivity contribution in [2.45, 2.75) is 13.5 Å². The number of nitrogens with one attached hydrogen (secondary N) is 1. The minimum absolute atomic E-state index is 0.0925. The van der Waals surface area contributed by atoms with Gasteiger partial charge in [0, 0.05) is 12.0 Å². The number of benzene rings is 2. The van der Waals surface area contributed by atoms with E-state index in [0.29, 0.717) is 17.9 Å². The van der Waals surface area contributed by atoms with E-state index >= 15 is 0 Å². The van der Waals surface area contributed by atoms with E-state index in [-0.39, 0.29) is 23.3 Å². The van der Waals surface area contributed by atoms with Crippen LogP contribution in [0.5, 0.6) is 11.5 Å². The zero-order valence-corrected chi connectivity index (χ0v) is 14.0. The molecule has 0 aromatic heterocycles.